The van der Waals surface area contributed by atoms with Gasteiger partial charge in [0.1, 0.15) is 10.6 Å². The van der Waals surface area contributed by atoms with Gasteiger partial charge in [-0.2, -0.15) is 4.31 Å². The second-order valence-corrected chi connectivity index (χ2v) is 10.6. The molecule has 35 heavy (non-hydrogen) atoms. The Balaban J connectivity index is 1.52. The van der Waals surface area contributed by atoms with E-state index in [1.165, 1.54) is 28.6 Å². The Hall–Kier alpha value is -3.61. The van der Waals surface area contributed by atoms with Crippen molar-refractivity contribution in [3.8, 4) is 0 Å². The number of thiophene rings is 1. The van der Waals surface area contributed by atoms with Gasteiger partial charge in [-0.15, -0.1) is 0 Å². The molecule has 0 aliphatic carbocycles. The minimum atomic E-state index is -3.77. The molecule has 2 aromatic carbocycles. The first-order chi connectivity index (χ1) is 16.7. The fourth-order valence-corrected chi connectivity index (χ4v) is 5.97. The van der Waals surface area contributed by atoms with Crippen LogP contribution in [0.2, 0.25) is 0 Å². The lowest BCUT2D eigenvalue weighted by atomic mass is 10.0. The Morgan fingerprint density at radius 2 is 1.83 bits per heavy atom. The van der Waals surface area contributed by atoms with Crippen molar-refractivity contribution in [3.05, 3.63) is 87.0 Å². The number of sulfonamides is 1. The highest BCUT2D eigenvalue weighted by Gasteiger charge is 2.29. The van der Waals surface area contributed by atoms with Gasteiger partial charge < -0.3 is 10.1 Å². The van der Waals surface area contributed by atoms with Crippen LogP contribution in [-0.2, 0) is 27.7 Å². The number of amides is 1. The van der Waals surface area contributed by atoms with E-state index >= 15 is 0 Å². The zero-order valence-corrected chi connectivity index (χ0v) is 20.2. The van der Waals surface area contributed by atoms with Gasteiger partial charge in [0.2, 0.25) is 10.0 Å². The van der Waals surface area contributed by atoms with Gasteiger partial charge in [-0.25, -0.2) is 13.2 Å². The van der Waals surface area contributed by atoms with Crippen molar-refractivity contribution in [2.24, 2.45) is 0 Å². The zero-order valence-electron chi connectivity index (χ0n) is 18.6. The molecule has 0 saturated carbocycles. The molecule has 3 aromatic rings. The van der Waals surface area contributed by atoms with E-state index in [9.17, 15) is 28.1 Å². The highest BCUT2D eigenvalue weighted by Crippen LogP contribution is 2.34. The number of nitro groups is 1. The van der Waals surface area contributed by atoms with Crippen LogP contribution >= 0.6 is 11.3 Å². The van der Waals surface area contributed by atoms with Crippen LogP contribution in [0, 0.1) is 10.1 Å². The molecule has 0 unspecified atom stereocenters. The molecule has 10 nitrogen and oxygen atoms in total. The summed E-state index contributed by atoms with van der Waals surface area (Å²) in [4.78, 5) is 35.4. The molecule has 1 aromatic heterocycles. The molecule has 0 radical (unpaired) electrons. The number of nitrogens with zero attached hydrogens (tertiary/aromatic N) is 2. The summed E-state index contributed by atoms with van der Waals surface area (Å²) < 4.78 is 32.6. The molecule has 0 fully saturated rings. The molecule has 0 bridgehead atoms. The second kappa shape index (κ2) is 9.94. The van der Waals surface area contributed by atoms with Crippen LogP contribution in [0.3, 0.4) is 0 Å². The van der Waals surface area contributed by atoms with Crippen LogP contribution in [0.5, 0.6) is 0 Å². The number of fused-ring (bicyclic) bond motifs is 1. The minimum Gasteiger partial charge on any atom is -0.462 e. The normalized spacial score (nSPS) is 13.6. The highest BCUT2D eigenvalue weighted by atomic mass is 32.2. The van der Waals surface area contributed by atoms with Crippen LogP contribution < -0.4 is 5.32 Å². The number of hydrogen-bond acceptors (Lipinski definition) is 8. The quantitative estimate of drug-likeness (QED) is 0.287. The fraction of sp³-hybridized carbons (Fsp3) is 0.217. The first-order valence-electron chi connectivity index (χ1n) is 10.6. The molecule has 0 atom stereocenters. The average Bonchev–Trinajstić information content (AvgIpc) is 3.28. The Kier molecular flexibility index (Phi) is 6.96. The maximum atomic E-state index is 13.1. The number of carbonyl (C=O) groups is 2. The van der Waals surface area contributed by atoms with Gasteiger partial charge in [-0.1, -0.05) is 24.3 Å². The standard InChI is InChI=1S/C23H21N3O7S2/c1-2-33-23(28)19-13-20(26(29)30)34-22(19)24-21(27)16-7-9-18(10-8-16)35(31,32)25-12-11-15-5-3-4-6-17(15)14-25/h3-10,13H,2,11-12,14H2,1H3,(H,24,27). The molecular weight excluding hydrogens is 494 g/mol. The number of nitrogens with one attached hydrogen (secondary N) is 1. The molecule has 4 rings (SSSR count). The van der Waals surface area contributed by atoms with Gasteiger partial charge in [0, 0.05) is 24.7 Å². The summed E-state index contributed by atoms with van der Waals surface area (Å²) in [7, 11) is -3.77. The SMILES string of the molecule is CCOC(=O)c1cc([N+](=O)[O-])sc1NC(=O)c1ccc(S(=O)(=O)N2CCc3ccccc3C2)cc1. The van der Waals surface area contributed by atoms with Crippen LogP contribution in [-0.4, -0.2) is 42.7 Å². The molecular formula is C23H21N3O7S2. The molecule has 1 aliphatic rings. The van der Waals surface area contributed by atoms with E-state index in [0.717, 1.165) is 17.2 Å². The van der Waals surface area contributed by atoms with Crippen LogP contribution in [0.15, 0.2) is 59.5 Å². The maximum Gasteiger partial charge on any atom is 0.341 e. The van der Waals surface area contributed by atoms with Crippen LogP contribution in [0.4, 0.5) is 10.0 Å². The van der Waals surface area contributed by atoms with Crippen molar-refractivity contribution in [1.29, 1.82) is 0 Å². The Labute approximate surface area is 205 Å². The summed E-state index contributed by atoms with van der Waals surface area (Å²) in [6.07, 6.45) is 0.617. The first-order valence-corrected chi connectivity index (χ1v) is 12.9. The third-order valence-electron chi connectivity index (χ3n) is 5.47. The van der Waals surface area contributed by atoms with E-state index in [0.29, 0.717) is 24.3 Å². The van der Waals surface area contributed by atoms with E-state index < -0.39 is 26.8 Å². The molecule has 182 valence electrons. The summed E-state index contributed by atoms with van der Waals surface area (Å²) in [5.74, 6) is -1.44. The summed E-state index contributed by atoms with van der Waals surface area (Å²) in [6.45, 7) is 2.29. The number of anilines is 1. The van der Waals surface area contributed by atoms with Gasteiger partial charge in [-0.05, 0) is 60.1 Å². The van der Waals surface area contributed by atoms with Crippen molar-refractivity contribution in [2.45, 2.75) is 24.8 Å². The number of benzene rings is 2. The maximum absolute atomic E-state index is 13.1. The van der Waals surface area contributed by atoms with Gasteiger partial charge in [-0.3, -0.25) is 14.9 Å². The number of esters is 1. The molecule has 1 aliphatic heterocycles. The van der Waals surface area contributed by atoms with Crippen molar-refractivity contribution in [2.75, 3.05) is 18.5 Å². The summed E-state index contributed by atoms with van der Waals surface area (Å²) >= 11 is 0.631. The minimum absolute atomic E-state index is 0.0242. The second-order valence-electron chi connectivity index (χ2n) is 7.64. The van der Waals surface area contributed by atoms with Crippen molar-refractivity contribution in [1.82, 2.24) is 4.31 Å². The summed E-state index contributed by atoms with van der Waals surface area (Å²) in [6, 6.07) is 14.1. The van der Waals surface area contributed by atoms with Crippen molar-refractivity contribution >= 4 is 43.2 Å². The van der Waals surface area contributed by atoms with Crippen LogP contribution in [0.25, 0.3) is 0 Å². The lowest BCUT2D eigenvalue weighted by Crippen LogP contribution is -2.35. The molecule has 1 amide bonds. The highest BCUT2D eigenvalue weighted by molar-refractivity contribution is 7.89. The molecule has 2 heterocycles. The number of ether oxygens (including phenoxy) is 1. The third kappa shape index (κ3) is 5.09. The van der Waals surface area contributed by atoms with Crippen LogP contribution in [0.1, 0.15) is 38.8 Å². The Morgan fingerprint density at radius 1 is 1.14 bits per heavy atom. The Morgan fingerprint density at radius 3 is 2.49 bits per heavy atom. The van der Waals surface area contributed by atoms with Crippen molar-refractivity contribution < 1.29 is 27.7 Å². The molecule has 12 heteroatoms. The number of carbonyl (C=O) groups excluding carboxylic acids is 2. The number of hydrogen-bond donors (Lipinski definition) is 1. The largest absolute Gasteiger partial charge is 0.462 e. The van der Waals surface area contributed by atoms with E-state index in [-0.39, 0.29) is 39.2 Å². The average molecular weight is 516 g/mol. The van der Waals surface area contributed by atoms with E-state index in [1.54, 1.807) is 6.92 Å². The van der Waals surface area contributed by atoms with E-state index in [2.05, 4.69) is 5.32 Å². The third-order valence-corrected chi connectivity index (χ3v) is 8.33. The topological polar surface area (TPSA) is 136 Å². The first kappa shape index (κ1) is 24.5. The molecule has 0 saturated heterocycles. The summed E-state index contributed by atoms with van der Waals surface area (Å²) in [5, 5.41) is 13.3. The monoisotopic (exact) mass is 515 g/mol. The van der Waals surface area contributed by atoms with Gasteiger partial charge in [0.15, 0.2) is 0 Å². The fourth-order valence-electron chi connectivity index (χ4n) is 3.70. The Bertz CT molecular complexity index is 1400. The number of rotatable bonds is 7. The predicted molar refractivity (Wildman–Crippen MR) is 129 cm³/mol. The summed E-state index contributed by atoms with van der Waals surface area (Å²) in [5.41, 5.74) is 2.09. The lowest BCUT2D eigenvalue weighted by Gasteiger charge is -2.28. The molecule has 0 spiro atoms. The van der Waals surface area contributed by atoms with Gasteiger partial charge in [0.05, 0.1) is 16.4 Å². The van der Waals surface area contributed by atoms with E-state index in [4.69, 9.17) is 4.74 Å². The lowest BCUT2D eigenvalue weighted by molar-refractivity contribution is -0.380. The van der Waals surface area contributed by atoms with Gasteiger partial charge >= 0.3 is 11.0 Å². The zero-order chi connectivity index (χ0) is 25.2. The van der Waals surface area contributed by atoms with E-state index in [1.807, 2.05) is 24.3 Å². The predicted octanol–water partition coefficient (Wildman–Crippen LogP) is 3.83. The van der Waals surface area contributed by atoms with Crippen molar-refractivity contribution in [3.63, 3.8) is 0 Å². The van der Waals surface area contributed by atoms with Gasteiger partial charge in [0.25, 0.3) is 5.91 Å². The smallest absolute Gasteiger partial charge is 0.341 e. The molecule has 1 N–H and O–H groups in total.